The van der Waals surface area contributed by atoms with Gasteiger partial charge in [0.15, 0.2) is 0 Å². The van der Waals surface area contributed by atoms with Crippen LogP contribution in [0.2, 0.25) is 0 Å². The summed E-state index contributed by atoms with van der Waals surface area (Å²) in [6.45, 7) is 0.825. The van der Waals surface area contributed by atoms with E-state index in [4.69, 9.17) is 0 Å². The molecule has 0 unspecified atom stereocenters. The molecule has 3 heteroatoms. The fraction of sp³-hybridized carbons (Fsp3) is 0.0667. The van der Waals surface area contributed by atoms with E-state index in [-0.39, 0.29) is 0 Å². The van der Waals surface area contributed by atoms with Gasteiger partial charge in [-0.25, -0.2) is 4.68 Å². The highest BCUT2D eigenvalue weighted by molar-refractivity contribution is 5.81. The maximum absolute atomic E-state index is 4.32. The lowest BCUT2D eigenvalue weighted by Gasteiger charge is -2.00. The Bertz CT molecular complexity index is 714. The van der Waals surface area contributed by atoms with Crippen LogP contribution in [0.3, 0.4) is 0 Å². The van der Waals surface area contributed by atoms with Crippen molar-refractivity contribution in [2.75, 3.05) is 0 Å². The molecule has 0 saturated carbocycles. The summed E-state index contributed by atoms with van der Waals surface area (Å²) >= 11 is 0. The van der Waals surface area contributed by atoms with Crippen LogP contribution in [0, 0.1) is 0 Å². The highest BCUT2D eigenvalue weighted by Crippen LogP contribution is 2.37. The predicted molar refractivity (Wildman–Crippen MR) is 70.0 cm³/mol. The van der Waals surface area contributed by atoms with Crippen molar-refractivity contribution >= 4 is 0 Å². The molecule has 0 amide bonds. The highest BCUT2D eigenvalue weighted by atomic mass is 15.4. The van der Waals surface area contributed by atoms with Crippen molar-refractivity contribution in [1.82, 2.24) is 15.0 Å². The summed E-state index contributed by atoms with van der Waals surface area (Å²) in [4.78, 5) is 0. The van der Waals surface area contributed by atoms with Crippen LogP contribution in [0.4, 0.5) is 0 Å². The summed E-state index contributed by atoms with van der Waals surface area (Å²) in [6.07, 6.45) is 0. The van der Waals surface area contributed by atoms with Crippen molar-refractivity contribution in [2.45, 2.75) is 6.54 Å². The lowest BCUT2D eigenvalue weighted by Crippen LogP contribution is -1.94. The molecular formula is C15H11N3. The molecule has 0 bridgehead atoms. The first-order valence-electron chi connectivity index (χ1n) is 6.01. The standard InChI is InChI=1S/C15H11N3/c1-2-6-11(7-3-1)14-15-13-9-5-4-8-12(13)10-18(15)17-16-14/h1-9H,10H2. The molecule has 1 aliphatic heterocycles. The van der Waals surface area contributed by atoms with Crippen molar-refractivity contribution in [2.24, 2.45) is 0 Å². The highest BCUT2D eigenvalue weighted by Gasteiger charge is 2.24. The molecule has 2 heterocycles. The Morgan fingerprint density at radius 2 is 1.67 bits per heavy atom. The van der Waals surface area contributed by atoms with Crippen molar-refractivity contribution in [1.29, 1.82) is 0 Å². The molecule has 2 aromatic carbocycles. The molecular weight excluding hydrogens is 222 g/mol. The second kappa shape index (κ2) is 3.53. The van der Waals surface area contributed by atoms with E-state index in [0.29, 0.717) is 0 Å². The molecule has 86 valence electrons. The minimum atomic E-state index is 0.825. The zero-order valence-corrected chi connectivity index (χ0v) is 9.74. The van der Waals surface area contributed by atoms with E-state index in [1.807, 2.05) is 22.9 Å². The molecule has 1 aromatic heterocycles. The zero-order chi connectivity index (χ0) is 11.9. The van der Waals surface area contributed by atoms with Crippen LogP contribution in [0.15, 0.2) is 54.6 Å². The van der Waals surface area contributed by atoms with E-state index in [9.17, 15) is 0 Å². The minimum absolute atomic E-state index is 0.825. The van der Waals surface area contributed by atoms with Gasteiger partial charge in [0.2, 0.25) is 0 Å². The lowest BCUT2D eigenvalue weighted by atomic mass is 10.0. The summed E-state index contributed by atoms with van der Waals surface area (Å²) in [7, 11) is 0. The molecule has 0 N–H and O–H groups in total. The molecule has 1 aliphatic rings. The first kappa shape index (κ1) is 9.59. The molecule has 4 rings (SSSR count). The molecule has 0 fully saturated rings. The van der Waals surface area contributed by atoms with Crippen molar-refractivity contribution in [3.8, 4) is 22.5 Å². The molecule has 3 nitrogen and oxygen atoms in total. The van der Waals surface area contributed by atoms with Gasteiger partial charge >= 0.3 is 0 Å². The van der Waals surface area contributed by atoms with Gasteiger partial charge < -0.3 is 0 Å². The Kier molecular flexibility index (Phi) is 1.88. The Morgan fingerprint density at radius 3 is 2.56 bits per heavy atom. The van der Waals surface area contributed by atoms with Crippen LogP contribution in [-0.4, -0.2) is 15.0 Å². The molecule has 3 aromatic rings. The largest absolute Gasteiger partial charge is 0.240 e. The van der Waals surface area contributed by atoms with Crippen LogP contribution in [0.5, 0.6) is 0 Å². The predicted octanol–water partition coefficient (Wildman–Crippen LogP) is 2.97. The average molecular weight is 233 g/mol. The molecule has 0 saturated heterocycles. The minimum Gasteiger partial charge on any atom is -0.240 e. The second-order valence-electron chi connectivity index (χ2n) is 4.47. The Labute approximate surface area is 105 Å². The normalized spacial score (nSPS) is 12.2. The first-order valence-corrected chi connectivity index (χ1v) is 6.01. The van der Waals surface area contributed by atoms with Gasteiger partial charge in [-0.2, -0.15) is 0 Å². The van der Waals surface area contributed by atoms with Gasteiger partial charge in [-0.3, -0.25) is 0 Å². The molecule has 0 radical (unpaired) electrons. The second-order valence-corrected chi connectivity index (χ2v) is 4.47. The molecule has 18 heavy (non-hydrogen) atoms. The summed E-state index contributed by atoms with van der Waals surface area (Å²) in [6, 6.07) is 18.7. The van der Waals surface area contributed by atoms with Gasteiger partial charge in [0.25, 0.3) is 0 Å². The Balaban J connectivity index is 1.97. The van der Waals surface area contributed by atoms with Gasteiger partial charge in [0, 0.05) is 11.1 Å². The monoisotopic (exact) mass is 233 g/mol. The van der Waals surface area contributed by atoms with E-state index < -0.39 is 0 Å². The van der Waals surface area contributed by atoms with Crippen molar-refractivity contribution < 1.29 is 0 Å². The number of aromatic nitrogens is 3. The Hall–Kier alpha value is -2.42. The quantitative estimate of drug-likeness (QED) is 0.506. The summed E-state index contributed by atoms with van der Waals surface area (Å²) in [5, 5.41) is 8.57. The van der Waals surface area contributed by atoms with Gasteiger partial charge in [-0.15, -0.1) is 5.10 Å². The summed E-state index contributed by atoms with van der Waals surface area (Å²) < 4.78 is 1.98. The van der Waals surface area contributed by atoms with E-state index in [2.05, 4.69) is 46.7 Å². The molecule has 0 atom stereocenters. The van der Waals surface area contributed by atoms with E-state index in [1.165, 1.54) is 11.1 Å². The van der Waals surface area contributed by atoms with Crippen LogP contribution in [0.1, 0.15) is 5.56 Å². The summed E-state index contributed by atoms with van der Waals surface area (Å²) in [5.41, 5.74) is 5.80. The molecule has 0 aliphatic carbocycles. The van der Waals surface area contributed by atoms with Crippen LogP contribution >= 0.6 is 0 Å². The van der Waals surface area contributed by atoms with Gasteiger partial charge in [0.1, 0.15) is 5.69 Å². The van der Waals surface area contributed by atoms with E-state index >= 15 is 0 Å². The Morgan fingerprint density at radius 1 is 0.889 bits per heavy atom. The fourth-order valence-electron chi connectivity index (χ4n) is 2.53. The first-order chi connectivity index (χ1) is 8.93. The van der Waals surface area contributed by atoms with Crippen molar-refractivity contribution in [3.05, 3.63) is 60.2 Å². The summed E-state index contributed by atoms with van der Waals surface area (Å²) in [5.74, 6) is 0. The molecule has 0 spiro atoms. The SMILES string of the molecule is c1ccc(-c2nnn3c2-c2ccccc2C3)cc1. The fourth-order valence-corrected chi connectivity index (χ4v) is 2.53. The number of benzene rings is 2. The number of hydrogen-bond acceptors (Lipinski definition) is 2. The third kappa shape index (κ3) is 1.24. The third-order valence-corrected chi connectivity index (χ3v) is 3.37. The van der Waals surface area contributed by atoms with Gasteiger partial charge in [-0.1, -0.05) is 59.8 Å². The van der Waals surface area contributed by atoms with Crippen LogP contribution in [-0.2, 0) is 6.54 Å². The zero-order valence-electron chi connectivity index (χ0n) is 9.74. The smallest absolute Gasteiger partial charge is 0.121 e. The third-order valence-electron chi connectivity index (χ3n) is 3.37. The van der Waals surface area contributed by atoms with Crippen molar-refractivity contribution in [3.63, 3.8) is 0 Å². The number of hydrogen-bond donors (Lipinski definition) is 0. The number of nitrogens with zero attached hydrogens (tertiary/aromatic N) is 3. The van der Waals surface area contributed by atoms with E-state index in [0.717, 1.165) is 23.5 Å². The van der Waals surface area contributed by atoms with Gasteiger partial charge in [0.05, 0.1) is 12.2 Å². The number of rotatable bonds is 1. The van der Waals surface area contributed by atoms with Gasteiger partial charge in [-0.05, 0) is 5.56 Å². The topological polar surface area (TPSA) is 30.7 Å². The van der Waals surface area contributed by atoms with E-state index in [1.54, 1.807) is 0 Å². The van der Waals surface area contributed by atoms with Crippen LogP contribution < -0.4 is 0 Å². The average Bonchev–Trinajstić information content (AvgIpc) is 2.98. The lowest BCUT2D eigenvalue weighted by molar-refractivity contribution is 0.675. The number of fused-ring (bicyclic) bond motifs is 3. The van der Waals surface area contributed by atoms with Crippen LogP contribution in [0.25, 0.3) is 22.5 Å². The maximum Gasteiger partial charge on any atom is 0.121 e. The maximum atomic E-state index is 4.32.